The molecule has 2 amide bonds. The van der Waals surface area contributed by atoms with Crippen molar-refractivity contribution >= 4 is 17.5 Å². The fourth-order valence-electron chi connectivity index (χ4n) is 4.10. The van der Waals surface area contributed by atoms with Crippen LogP contribution in [0.1, 0.15) is 41.6 Å². The molecule has 5 heteroatoms. The fourth-order valence-corrected chi connectivity index (χ4v) is 4.10. The van der Waals surface area contributed by atoms with Crippen LogP contribution < -0.4 is 5.32 Å². The Kier molecular flexibility index (Phi) is 5.72. The summed E-state index contributed by atoms with van der Waals surface area (Å²) in [6.07, 6.45) is 4.21. The van der Waals surface area contributed by atoms with Crippen molar-refractivity contribution in [3.63, 3.8) is 0 Å². The highest BCUT2D eigenvalue weighted by Gasteiger charge is 2.30. The molecule has 2 aliphatic rings. The van der Waals surface area contributed by atoms with Crippen LogP contribution in [0.3, 0.4) is 0 Å². The molecule has 2 heterocycles. The molecule has 2 unspecified atom stereocenters. The average Bonchev–Trinajstić information content (AvgIpc) is 3.41. The predicted octanol–water partition coefficient (Wildman–Crippen LogP) is 3.65. The first-order valence-electron chi connectivity index (χ1n) is 10.1. The van der Waals surface area contributed by atoms with Crippen LogP contribution in [-0.2, 0) is 16.0 Å². The molecule has 0 spiro atoms. The van der Waals surface area contributed by atoms with Crippen molar-refractivity contribution in [3.8, 4) is 0 Å². The van der Waals surface area contributed by atoms with Gasteiger partial charge >= 0.3 is 0 Å². The quantitative estimate of drug-likeness (QED) is 0.864. The Morgan fingerprint density at radius 2 is 1.89 bits per heavy atom. The second-order valence-corrected chi connectivity index (χ2v) is 7.56. The molecule has 2 aromatic rings. The van der Waals surface area contributed by atoms with Crippen LogP contribution in [0.15, 0.2) is 54.6 Å². The zero-order chi connectivity index (χ0) is 19.3. The van der Waals surface area contributed by atoms with Gasteiger partial charge in [0.05, 0.1) is 0 Å². The molecule has 1 N–H and O–H groups in total. The normalized spacial score (nSPS) is 21.6. The number of likely N-dealkylation sites (tertiary alicyclic amines) is 1. The molecule has 0 bridgehead atoms. The Morgan fingerprint density at radius 3 is 2.68 bits per heavy atom. The van der Waals surface area contributed by atoms with Crippen molar-refractivity contribution in [1.82, 2.24) is 4.90 Å². The van der Waals surface area contributed by atoms with Gasteiger partial charge < -0.3 is 15.0 Å². The summed E-state index contributed by atoms with van der Waals surface area (Å²) >= 11 is 0. The van der Waals surface area contributed by atoms with Crippen LogP contribution in [0.5, 0.6) is 0 Å². The van der Waals surface area contributed by atoms with E-state index in [0.717, 1.165) is 38.6 Å². The van der Waals surface area contributed by atoms with Gasteiger partial charge in [-0.1, -0.05) is 36.4 Å². The van der Waals surface area contributed by atoms with Crippen molar-refractivity contribution in [2.45, 2.75) is 44.2 Å². The first-order chi connectivity index (χ1) is 13.7. The minimum atomic E-state index is -0.381. The largest absolute Gasteiger partial charge is 0.368 e. The number of nitrogens with one attached hydrogen (secondary N) is 1. The summed E-state index contributed by atoms with van der Waals surface area (Å²) in [4.78, 5) is 27.4. The van der Waals surface area contributed by atoms with Crippen molar-refractivity contribution in [1.29, 1.82) is 0 Å². The number of rotatable bonds is 5. The standard InChI is InChI=1S/C23H26N2O3/c26-22(21-12-6-14-28-21)24-19-10-4-9-18(16-19)23(27)25-13-5-11-20(25)15-17-7-2-1-3-8-17/h1-4,7-10,16,20-21H,5-6,11-15H2,(H,24,26). The molecule has 2 atom stereocenters. The number of ether oxygens (including phenoxy) is 1. The van der Waals surface area contributed by atoms with Crippen LogP contribution in [0.2, 0.25) is 0 Å². The van der Waals surface area contributed by atoms with Gasteiger partial charge in [0.1, 0.15) is 6.10 Å². The number of hydrogen-bond acceptors (Lipinski definition) is 3. The van der Waals surface area contributed by atoms with Gasteiger partial charge in [-0.15, -0.1) is 0 Å². The van der Waals surface area contributed by atoms with E-state index in [1.54, 1.807) is 6.07 Å². The summed E-state index contributed by atoms with van der Waals surface area (Å²) < 4.78 is 5.43. The third-order valence-electron chi connectivity index (χ3n) is 5.55. The molecular weight excluding hydrogens is 352 g/mol. The van der Waals surface area contributed by atoms with Crippen LogP contribution in [0, 0.1) is 0 Å². The minimum absolute atomic E-state index is 0.0339. The number of anilines is 1. The molecule has 2 aromatic carbocycles. The molecule has 28 heavy (non-hydrogen) atoms. The SMILES string of the molecule is O=C(Nc1cccc(C(=O)N2CCCC2Cc2ccccc2)c1)C1CCCO1. The highest BCUT2D eigenvalue weighted by atomic mass is 16.5. The van der Waals surface area contributed by atoms with E-state index in [9.17, 15) is 9.59 Å². The Morgan fingerprint density at radius 1 is 1.04 bits per heavy atom. The molecule has 0 radical (unpaired) electrons. The zero-order valence-electron chi connectivity index (χ0n) is 16.0. The van der Waals surface area contributed by atoms with E-state index in [-0.39, 0.29) is 24.0 Å². The molecule has 4 rings (SSSR count). The summed E-state index contributed by atoms with van der Waals surface area (Å²) in [6, 6.07) is 17.8. The lowest BCUT2D eigenvalue weighted by molar-refractivity contribution is -0.124. The predicted molar refractivity (Wildman–Crippen MR) is 108 cm³/mol. The minimum Gasteiger partial charge on any atom is -0.368 e. The molecule has 0 saturated carbocycles. The van der Waals surface area contributed by atoms with E-state index in [2.05, 4.69) is 17.4 Å². The van der Waals surface area contributed by atoms with Gasteiger partial charge in [-0.05, 0) is 55.9 Å². The van der Waals surface area contributed by atoms with E-state index in [1.165, 1.54) is 5.56 Å². The number of carbonyl (C=O) groups is 2. The van der Waals surface area contributed by atoms with Crippen LogP contribution in [0.25, 0.3) is 0 Å². The maximum Gasteiger partial charge on any atom is 0.254 e. The van der Waals surface area contributed by atoms with Crippen LogP contribution in [-0.4, -0.2) is 42.0 Å². The van der Waals surface area contributed by atoms with Gasteiger partial charge in [-0.2, -0.15) is 0 Å². The molecule has 5 nitrogen and oxygen atoms in total. The van der Waals surface area contributed by atoms with Gasteiger partial charge in [0.25, 0.3) is 11.8 Å². The lowest BCUT2D eigenvalue weighted by Crippen LogP contribution is -2.36. The van der Waals surface area contributed by atoms with Crippen molar-refractivity contribution in [2.24, 2.45) is 0 Å². The number of hydrogen-bond donors (Lipinski definition) is 1. The van der Waals surface area contributed by atoms with Crippen molar-refractivity contribution in [3.05, 3.63) is 65.7 Å². The van der Waals surface area contributed by atoms with Crippen LogP contribution >= 0.6 is 0 Å². The number of carbonyl (C=O) groups excluding carboxylic acids is 2. The molecule has 2 aliphatic heterocycles. The number of nitrogens with zero attached hydrogens (tertiary/aromatic N) is 1. The monoisotopic (exact) mass is 378 g/mol. The molecular formula is C23H26N2O3. The highest BCUT2D eigenvalue weighted by molar-refractivity contribution is 5.98. The molecule has 0 aliphatic carbocycles. The lowest BCUT2D eigenvalue weighted by atomic mass is 10.0. The fraction of sp³-hybridized carbons (Fsp3) is 0.391. The smallest absolute Gasteiger partial charge is 0.254 e. The lowest BCUT2D eigenvalue weighted by Gasteiger charge is -2.25. The van der Waals surface area contributed by atoms with Gasteiger partial charge in [-0.3, -0.25) is 9.59 Å². The first kappa shape index (κ1) is 18.7. The van der Waals surface area contributed by atoms with Crippen molar-refractivity contribution < 1.29 is 14.3 Å². The third-order valence-corrected chi connectivity index (χ3v) is 5.55. The Labute approximate surface area is 165 Å². The first-order valence-corrected chi connectivity index (χ1v) is 10.1. The van der Waals surface area contributed by atoms with Gasteiger partial charge in [0.15, 0.2) is 0 Å². The molecule has 2 saturated heterocycles. The van der Waals surface area contributed by atoms with E-state index in [0.29, 0.717) is 17.9 Å². The molecule has 0 aromatic heterocycles. The van der Waals surface area contributed by atoms with Gasteiger partial charge in [0.2, 0.25) is 0 Å². The third kappa shape index (κ3) is 4.25. The van der Waals surface area contributed by atoms with Crippen LogP contribution in [0.4, 0.5) is 5.69 Å². The summed E-state index contributed by atoms with van der Waals surface area (Å²) in [7, 11) is 0. The topological polar surface area (TPSA) is 58.6 Å². The molecule has 146 valence electrons. The van der Waals surface area contributed by atoms with E-state index >= 15 is 0 Å². The van der Waals surface area contributed by atoms with E-state index in [4.69, 9.17) is 4.74 Å². The van der Waals surface area contributed by atoms with Gasteiger partial charge in [-0.25, -0.2) is 0 Å². The summed E-state index contributed by atoms with van der Waals surface area (Å²) in [6.45, 7) is 1.41. The maximum atomic E-state index is 13.1. The summed E-state index contributed by atoms with van der Waals surface area (Å²) in [5.41, 5.74) is 2.51. The Balaban J connectivity index is 1.44. The maximum absolute atomic E-state index is 13.1. The van der Waals surface area contributed by atoms with Gasteiger partial charge in [0, 0.05) is 30.4 Å². The van der Waals surface area contributed by atoms with Crippen molar-refractivity contribution in [2.75, 3.05) is 18.5 Å². The Bertz CT molecular complexity index is 831. The number of benzene rings is 2. The summed E-state index contributed by atoms with van der Waals surface area (Å²) in [5, 5.41) is 2.89. The zero-order valence-corrected chi connectivity index (χ0v) is 16.0. The average molecular weight is 378 g/mol. The summed E-state index contributed by atoms with van der Waals surface area (Å²) in [5.74, 6) is -0.100. The van der Waals surface area contributed by atoms with E-state index in [1.807, 2.05) is 41.3 Å². The number of amides is 2. The molecule has 2 fully saturated rings. The highest BCUT2D eigenvalue weighted by Crippen LogP contribution is 2.24. The van der Waals surface area contributed by atoms with E-state index < -0.39 is 0 Å². The Hall–Kier alpha value is -2.66. The second kappa shape index (κ2) is 8.57. The second-order valence-electron chi connectivity index (χ2n) is 7.56.